The van der Waals surface area contributed by atoms with Crippen molar-refractivity contribution in [3.05, 3.63) is 10.6 Å². The number of hydrogen-bond acceptors (Lipinski definition) is 6. The molecule has 0 unspecified atom stereocenters. The van der Waals surface area contributed by atoms with Crippen LogP contribution in [0.1, 0.15) is 28.7 Å². The van der Waals surface area contributed by atoms with Crippen LogP contribution in [-0.2, 0) is 16.0 Å². The fourth-order valence-electron chi connectivity index (χ4n) is 1.27. The average Bonchev–Trinajstić information content (AvgIpc) is 2.76. The highest BCUT2D eigenvalue weighted by Crippen LogP contribution is 2.14. The Morgan fingerprint density at radius 2 is 2.18 bits per heavy atom. The summed E-state index contributed by atoms with van der Waals surface area (Å²) in [6.45, 7) is 1.94. The van der Waals surface area contributed by atoms with E-state index in [0.29, 0.717) is 17.0 Å². The van der Waals surface area contributed by atoms with Crippen LogP contribution in [0.25, 0.3) is 0 Å². The number of likely N-dealkylation sites (N-methyl/N-ethyl adjacent to an activating group) is 1. The monoisotopic (exact) mass is 257 g/mol. The molecule has 0 aliphatic carbocycles. The first-order valence-electron chi connectivity index (χ1n) is 5.23. The van der Waals surface area contributed by atoms with E-state index in [4.69, 9.17) is 0 Å². The van der Waals surface area contributed by atoms with Crippen LogP contribution < -0.4 is 0 Å². The van der Waals surface area contributed by atoms with Crippen LogP contribution in [-0.4, -0.2) is 47.1 Å². The zero-order valence-corrected chi connectivity index (χ0v) is 10.9. The minimum atomic E-state index is -0.449. The van der Waals surface area contributed by atoms with Gasteiger partial charge in [-0.1, -0.05) is 17.8 Å². The van der Waals surface area contributed by atoms with Crippen molar-refractivity contribution in [2.45, 2.75) is 19.8 Å². The van der Waals surface area contributed by atoms with Gasteiger partial charge in [0.2, 0.25) is 0 Å². The van der Waals surface area contributed by atoms with Crippen LogP contribution in [0.4, 0.5) is 0 Å². The molecule has 0 saturated heterocycles. The summed E-state index contributed by atoms with van der Waals surface area (Å²) in [7, 11) is 2.84. The van der Waals surface area contributed by atoms with Crippen LogP contribution in [0.15, 0.2) is 0 Å². The standard InChI is InChI=1S/C10H15N3O3S/c1-4-5-7-9(17-12-11-7)10(15)13(2)6-8(14)16-3/h4-6H2,1-3H3. The predicted molar refractivity (Wildman–Crippen MR) is 62.9 cm³/mol. The molecule has 1 amide bonds. The average molecular weight is 257 g/mol. The normalized spacial score (nSPS) is 10.1. The molecule has 1 aromatic rings. The van der Waals surface area contributed by atoms with Crippen LogP contribution in [0, 0.1) is 0 Å². The lowest BCUT2D eigenvalue weighted by Gasteiger charge is -2.14. The first kappa shape index (κ1) is 13.6. The number of nitrogens with zero attached hydrogens (tertiary/aromatic N) is 3. The molecule has 94 valence electrons. The highest BCUT2D eigenvalue weighted by Gasteiger charge is 2.21. The Bertz CT molecular complexity index is 405. The van der Waals surface area contributed by atoms with Crippen molar-refractivity contribution in [1.29, 1.82) is 0 Å². The number of aryl methyl sites for hydroxylation is 1. The number of amides is 1. The molecule has 0 N–H and O–H groups in total. The number of hydrogen-bond donors (Lipinski definition) is 0. The van der Waals surface area contributed by atoms with Gasteiger partial charge in [0.15, 0.2) is 0 Å². The summed E-state index contributed by atoms with van der Waals surface area (Å²) < 4.78 is 8.28. The van der Waals surface area contributed by atoms with E-state index in [-0.39, 0.29) is 12.5 Å². The molecule has 0 aliphatic rings. The number of rotatable bonds is 5. The van der Waals surface area contributed by atoms with Gasteiger partial charge in [-0.15, -0.1) is 5.10 Å². The minimum absolute atomic E-state index is 0.0706. The highest BCUT2D eigenvalue weighted by molar-refractivity contribution is 7.08. The maximum atomic E-state index is 12.0. The van der Waals surface area contributed by atoms with Gasteiger partial charge in [0.05, 0.1) is 12.8 Å². The molecular weight excluding hydrogens is 242 g/mol. The van der Waals surface area contributed by atoms with Gasteiger partial charge in [-0.3, -0.25) is 9.59 Å². The van der Waals surface area contributed by atoms with Crippen LogP contribution in [0.3, 0.4) is 0 Å². The largest absolute Gasteiger partial charge is 0.468 e. The lowest BCUT2D eigenvalue weighted by Crippen LogP contribution is -2.32. The molecule has 0 bridgehead atoms. The number of ether oxygens (including phenoxy) is 1. The van der Waals surface area contributed by atoms with Crippen molar-refractivity contribution in [3.63, 3.8) is 0 Å². The summed E-state index contributed by atoms with van der Waals surface area (Å²) in [5.74, 6) is -0.691. The summed E-state index contributed by atoms with van der Waals surface area (Å²) in [5.41, 5.74) is 0.694. The molecule has 1 rings (SSSR count). The summed E-state index contributed by atoms with van der Waals surface area (Å²) in [4.78, 5) is 24.9. The molecule has 0 aromatic carbocycles. The third-order valence-electron chi connectivity index (χ3n) is 2.18. The van der Waals surface area contributed by atoms with Gasteiger partial charge in [0.25, 0.3) is 5.91 Å². The van der Waals surface area contributed by atoms with Crippen molar-refractivity contribution in [1.82, 2.24) is 14.5 Å². The molecule has 0 radical (unpaired) electrons. The fraction of sp³-hybridized carbons (Fsp3) is 0.600. The van der Waals surface area contributed by atoms with E-state index < -0.39 is 5.97 Å². The molecule has 1 aromatic heterocycles. The number of carbonyl (C=O) groups is 2. The van der Waals surface area contributed by atoms with Crippen LogP contribution in [0.5, 0.6) is 0 Å². The molecule has 0 fully saturated rings. The van der Waals surface area contributed by atoms with Crippen LogP contribution in [0.2, 0.25) is 0 Å². The molecule has 0 saturated carbocycles. The van der Waals surface area contributed by atoms with E-state index in [2.05, 4.69) is 14.3 Å². The maximum Gasteiger partial charge on any atom is 0.325 e. The topological polar surface area (TPSA) is 72.4 Å². The fourth-order valence-corrected chi connectivity index (χ4v) is 1.98. The Kier molecular flexibility index (Phi) is 5.02. The molecular formula is C10H15N3O3S. The van der Waals surface area contributed by atoms with Crippen molar-refractivity contribution >= 4 is 23.4 Å². The van der Waals surface area contributed by atoms with Crippen LogP contribution >= 0.6 is 11.5 Å². The number of esters is 1. The molecule has 17 heavy (non-hydrogen) atoms. The third-order valence-corrected chi connectivity index (χ3v) is 2.93. The Balaban J connectivity index is 2.74. The molecule has 0 spiro atoms. The number of carbonyl (C=O) groups excluding carboxylic acids is 2. The summed E-state index contributed by atoms with van der Waals surface area (Å²) in [6.07, 6.45) is 1.61. The molecule has 0 aliphatic heterocycles. The Morgan fingerprint density at radius 1 is 1.47 bits per heavy atom. The summed E-state index contributed by atoms with van der Waals surface area (Å²) in [5, 5.41) is 3.91. The second-order valence-corrected chi connectivity index (χ2v) is 4.29. The van der Waals surface area contributed by atoms with Crippen molar-refractivity contribution in [2.24, 2.45) is 0 Å². The first-order chi connectivity index (χ1) is 8.10. The van der Waals surface area contributed by atoms with Crippen molar-refractivity contribution < 1.29 is 14.3 Å². The Hall–Kier alpha value is -1.50. The van der Waals surface area contributed by atoms with Gasteiger partial charge in [0.1, 0.15) is 11.4 Å². The molecule has 6 nitrogen and oxygen atoms in total. The van der Waals surface area contributed by atoms with Gasteiger partial charge in [0, 0.05) is 7.05 Å². The van der Waals surface area contributed by atoms with E-state index in [1.165, 1.54) is 12.0 Å². The summed E-state index contributed by atoms with van der Waals surface area (Å²) in [6, 6.07) is 0. The van der Waals surface area contributed by atoms with E-state index in [1.54, 1.807) is 7.05 Å². The maximum absolute atomic E-state index is 12.0. The zero-order valence-electron chi connectivity index (χ0n) is 10.1. The third kappa shape index (κ3) is 3.48. The van der Waals surface area contributed by atoms with Gasteiger partial charge in [-0.25, -0.2) is 0 Å². The second-order valence-electron chi connectivity index (χ2n) is 3.54. The zero-order chi connectivity index (χ0) is 12.8. The Morgan fingerprint density at radius 3 is 2.76 bits per heavy atom. The van der Waals surface area contributed by atoms with E-state index in [9.17, 15) is 9.59 Å². The van der Waals surface area contributed by atoms with E-state index >= 15 is 0 Å². The number of aromatic nitrogens is 2. The quantitative estimate of drug-likeness (QED) is 0.727. The SMILES string of the molecule is CCCc1nnsc1C(=O)N(C)CC(=O)OC. The lowest BCUT2D eigenvalue weighted by molar-refractivity contribution is -0.141. The van der Waals surface area contributed by atoms with E-state index in [1.807, 2.05) is 6.92 Å². The molecule has 7 heteroatoms. The predicted octanol–water partition coefficient (Wildman–Crippen LogP) is 0.736. The second kappa shape index (κ2) is 6.29. The molecule has 0 atom stereocenters. The minimum Gasteiger partial charge on any atom is -0.468 e. The molecule has 1 heterocycles. The number of methoxy groups -OCH3 is 1. The van der Waals surface area contributed by atoms with Gasteiger partial charge < -0.3 is 9.64 Å². The summed E-state index contributed by atoms with van der Waals surface area (Å²) >= 11 is 1.06. The van der Waals surface area contributed by atoms with Gasteiger partial charge in [-0.2, -0.15) is 0 Å². The highest BCUT2D eigenvalue weighted by atomic mass is 32.1. The lowest BCUT2D eigenvalue weighted by atomic mass is 10.2. The van der Waals surface area contributed by atoms with Crippen molar-refractivity contribution in [3.8, 4) is 0 Å². The van der Waals surface area contributed by atoms with Crippen molar-refractivity contribution in [2.75, 3.05) is 20.7 Å². The Labute approximate surface area is 104 Å². The van der Waals surface area contributed by atoms with Gasteiger partial charge in [-0.05, 0) is 18.0 Å². The van der Waals surface area contributed by atoms with E-state index in [0.717, 1.165) is 18.0 Å². The smallest absolute Gasteiger partial charge is 0.325 e. The first-order valence-corrected chi connectivity index (χ1v) is 6.01. The van der Waals surface area contributed by atoms with Gasteiger partial charge >= 0.3 is 5.97 Å².